The molecule has 1 aromatic carbocycles. The highest BCUT2D eigenvalue weighted by atomic mass is 35.5. The first-order valence-electron chi connectivity index (χ1n) is 9.43. The van der Waals surface area contributed by atoms with E-state index in [4.69, 9.17) is 16.3 Å². The van der Waals surface area contributed by atoms with Crippen molar-refractivity contribution < 1.29 is 13.2 Å². The molecule has 1 aromatic rings. The summed E-state index contributed by atoms with van der Waals surface area (Å²) in [5.74, 6) is 1.43. The Hall–Kier alpha value is -0.530. The lowest BCUT2D eigenvalue weighted by Gasteiger charge is -2.30. The van der Waals surface area contributed by atoms with Crippen LogP contribution in [0.1, 0.15) is 43.7 Å². The maximum Gasteiger partial charge on any atom is 0.211 e. The van der Waals surface area contributed by atoms with Crippen molar-refractivity contribution in [2.75, 3.05) is 25.3 Å². The quantitative estimate of drug-likeness (QED) is 0.520. The number of hydrogen-bond acceptors (Lipinski definition) is 4. The van der Waals surface area contributed by atoms with E-state index in [2.05, 4.69) is 29.1 Å². The van der Waals surface area contributed by atoms with Gasteiger partial charge in [0.1, 0.15) is 5.75 Å². The zero-order valence-corrected chi connectivity index (χ0v) is 18.6. The molecule has 0 fully saturated rings. The van der Waals surface area contributed by atoms with Crippen LogP contribution in [0.25, 0.3) is 0 Å². The van der Waals surface area contributed by atoms with Gasteiger partial charge in [-0.25, -0.2) is 13.1 Å². The molecule has 0 radical (unpaired) electrons. The highest BCUT2D eigenvalue weighted by molar-refractivity contribution is 7.89. The number of benzene rings is 1. The Balaban J connectivity index is 0.00000364. The first-order chi connectivity index (χ1) is 12.5. The van der Waals surface area contributed by atoms with Crippen LogP contribution >= 0.6 is 24.0 Å². The predicted molar refractivity (Wildman–Crippen MR) is 115 cm³/mol. The van der Waals surface area contributed by atoms with E-state index in [0.29, 0.717) is 30.9 Å². The number of alkyl halides is 1. The molecule has 0 saturated carbocycles. The first kappa shape index (κ1) is 24.5. The topological polar surface area (TPSA) is 67.4 Å². The molecule has 2 unspecified atom stereocenters. The Morgan fingerprint density at radius 3 is 2.81 bits per heavy atom. The summed E-state index contributed by atoms with van der Waals surface area (Å²) in [4.78, 5) is 0. The van der Waals surface area contributed by atoms with Crippen LogP contribution in [0.15, 0.2) is 18.2 Å². The minimum Gasteiger partial charge on any atom is -0.496 e. The van der Waals surface area contributed by atoms with Crippen molar-refractivity contribution in [1.82, 2.24) is 10.0 Å². The highest BCUT2D eigenvalue weighted by Crippen LogP contribution is 2.29. The number of aryl methyl sites for hydroxylation is 1. The van der Waals surface area contributed by atoms with E-state index in [9.17, 15) is 8.42 Å². The average Bonchev–Trinajstić information content (AvgIpc) is 2.64. The number of ether oxygens (including phenoxy) is 1. The molecule has 0 bridgehead atoms. The number of rotatable bonds is 11. The molecule has 156 valence electrons. The standard InChI is InChI=1S/C19H31ClN2O3S.ClH/c1-3-16(10-12-21-26(23,24)13-5-11-20)22-17-9-8-15-6-4-7-19(25-2)18(15)14-17;/h4,6-7,16-17,21-22H,3,5,8-14H2,1-2H3;1H. The Bertz CT molecular complexity index is 657. The van der Waals surface area contributed by atoms with Crippen LogP contribution in [-0.2, 0) is 22.9 Å². The molecule has 27 heavy (non-hydrogen) atoms. The second kappa shape index (κ2) is 12.1. The highest BCUT2D eigenvalue weighted by Gasteiger charge is 2.23. The van der Waals surface area contributed by atoms with Crippen LogP contribution in [0.5, 0.6) is 5.75 Å². The monoisotopic (exact) mass is 438 g/mol. The largest absolute Gasteiger partial charge is 0.496 e. The van der Waals surface area contributed by atoms with Crippen LogP contribution in [0.2, 0.25) is 0 Å². The minimum atomic E-state index is -3.21. The Kier molecular flexibility index (Phi) is 11.0. The molecule has 0 aromatic heterocycles. The van der Waals surface area contributed by atoms with Crippen LogP contribution in [0, 0.1) is 0 Å². The van der Waals surface area contributed by atoms with Crippen molar-refractivity contribution in [2.24, 2.45) is 0 Å². The summed E-state index contributed by atoms with van der Waals surface area (Å²) in [5, 5.41) is 3.72. The van der Waals surface area contributed by atoms with Gasteiger partial charge >= 0.3 is 0 Å². The molecule has 8 heteroatoms. The fourth-order valence-electron chi connectivity index (χ4n) is 3.53. The average molecular weight is 439 g/mol. The summed E-state index contributed by atoms with van der Waals surface area (Å²) < 4.78 is 31.9. The predicted octanol–water partition coefficient (Wildman–Crippen LogP) is 3.28. The molecule has 0 amide bonds. The lowest BCUT2D eigenvalue weighted by molar-refractivity contribution is 0.359. The maximum atomic E-state index is 11.9. The van der Waals surface area contributed by atoms with Gasteiger partial charge in [0.15, 0.2) is 0 Å². The molecule has 0 saturated heterocycles. The van der Waals surface area contributed by atoms with Crippen molar-refractivity contribution in [3.63, 3.8) is 0 Å². The van der Waals surface area contributed by atoms with Gasteiger partial charge in [-0.3, -0.25) is 0 Å². The third-order valence-electron chi connectivity index (χ3n) is 4.99. The van der Waals surface area contributed by atoms with Gasteiger partial charge in [0.05, 0.1) is 12.9 Å². The van der Waals surface area contributed by atoms with Crippen LogP contribution in [-0.4, -0.2) is 45.8 Å². The summed E-state index contributed by atoms with van der Waals surface area (Å²) in [6.45, 7) is 2.60. The van der Waals surface area contributed by atoms with Crippen molar-refractivity contribution >= 4 is 34.0 Å². The van der Waals surface area contributed by atoms with Crippen molar-refractivity contribution in [1.29, 1.82) is 0 Å². The SMILES string of the molecule is CCC(CCNS(=O)(=O)CCCCl)NC1CCc2cccc(OC)c2C1.Cl. The number of fused-ring (bicyclic) bond motifs is 1. The van der Waals surface area contributed by atoms with E-state index < -0.39 is 10.0 Å². The summed E-state index contributed by atoms with van der Waals surface area (Å²) in [6.07, 6.45) is 5.33. The molecule has 0 spiro atoms. The second-order valence-corrected chi connectivity index (χ2v) is 9.16. The van der Waals surface area contributed by atoms with Gasteiger partial charge in [0.25, 0.3) is 0 Å². The molecular weight excluding hydrogens is 407 g/mol. The molecule has 5 nitrogen and oxygen atoms in total. The third-order valence-corrected chi connectivity index (χ3v) is 6.73. The first-order valence-corrected chi connectivity index (χ1v) is 11.6. The molecule has 2 N–H and O–H groups in total. The van der Waals surface area contributed by atoms with E-state index in [-0.39, 0.29) is 18.2 Å². The molecule has 0 heterocycles. The van der Waals surface area contributed by atoms with Gasteiger partial charge in [-0.1, -0.05) is 19.1 Å². The zero-order chi connectivity index (χ0) is 19.0. The number of hydrogen-bond donors (Lipinski definition) is 2. The number of nitrogens with one attached hydrogen (secondary N) is 2. The van der Waals surface area contributed by atoms with E-state index in [0.717, 1.165) is 37.9 Å². The van der Waals surface area contributed by atoms with E-state index >= 15 is 0 Å². The smallest absolute Gasteiger partial charge is 0.211 e. The Labute approximate surface area is 175 Å². The third kappa shape index (κ3) is 7.78. The van der Waals surface area contributed by atoms with E-state index in [1.165, 1.54) is 11.1 Å². The van der Waals surface area contributed by atoms with Crippen LogP contribution in [0.3, 0.4) is 0 Å². The normalized spacial score (nSPS) is 17.7. The van der Waals surface area contributed by atoms with Gasteiger partial charge in [0.2, 0.25) is 10.0 Å². The molecule has 2 atom stereocenters. The van der Waals surface area contributed by atoms with Gasteiger partial charge in [0, 0.05) is 24.5 Å². The van der Waals surface area contributed by atoms with Crippen LogP contribution in [0.4, 0.5) is 0 Å². The van der Waals surface area contributed by atoms with Crippen molar-refractivity contribution in [3.05, 3.63) is 29.3 Å². The summed E-state index contributed by atoms with van der Waals surface area (Å²) in [5.41, 5.74) is 2.68. The molecule has 1 aliphatic rings. The fraction of sp³-hybridized carbons (Fsp3) is 0.684. The number of methoxy groups -OCH3 is 1. The summed E-state index contributed by atoms with van der Waals surface area (Å²) >= 11 is 5.57. The second-order valence-electron chi connectivity index (χ2n) is 6.85. The Morgan fingerprint density at radius 1 is 1.37 bits per heavy atom. The number of sulfonamides is 1. The van der Waals surface area contributed by atoms with E-state index in [1.54, 1.807) is 7.11 Å². The van der Waals surface area contributed by atoms with Gasteiger partial charge in [-0.15, -0.1) is 24.0 Å². The summed E-state index contributed by atoms with van der Waals surface area (Å²) in [7, 11) is -1.49. The minimum absolute atomic E-state index is 0. The van der Waals surface area contributed by atoms with E-state index in [1.807, 2.05) is 6.07 Å². The lowest BCUT2D eigenvalue weighted by Crippen LogP contribution is -2.43. The van der Waals surface area contributed by atoms with Crippen molar-refractivity contribution in [2.45, 2.75) is 57.5 Å². The summed E-state index contributed by atoms with van der Waals surface area (Å²) in [6, 6.07) is 6.95. The lowest BCUT2D eigenvalue weighted by atomic mass is 9.87. The maximum absolute atomic E-state index is 11.9. The van der Waals surface area contributed by atoms with Gasteiger partial charge in [-0.2, -0.15) is 0 Å². The number of halogens is 2. The van der Waals surface area contributed by atoms with Crippen molar-refractivity contribution in [3.8, 4) is 5.75 Å². The van der Waals surface area contributed by atoms with Gasteiger partial charge < -0.3 is 10.1 Å². The molecule has 0 aliphatic heterocycles. The Morgan fingerprint density at radius 2 is 2.15 bits per heavy atom. The fourth-order valence-corrected chi connectivity index (χ4v) is 4.92. The molecular formula is C19H32Cl2N2O3S. The zero-order valence-electron chi connectivity index (χ0n) is 16.2. The molecule has 2 rings (SSSR count). The molecule has 1 aliphatic carbocycles. The van der Waals surface area contributed by atoms with Crippen LogP contribution < -0.4 is 14.8 Å². The van der Waals surface area contributed by atoms with Gasteiger partial charge in [-0.05, 0) is 55.7 Å².